The van der Waals surface area contributed by atoms with Crippen LogP contribution in [0.15, 0.2) is 22.1 Å². The highest BCUT2D eigenvalue weighted by Gasteiger charge is 2.21. The number of benzene rings is 1. The summed E-state index contributed by atoms with van der Waals surface area (Å²) in [5.74, 6) is 0.109. The minimum absolute atomic E-state index is 0.0107. The molecule has 2 aromatic rings. The number of thiazole rings is 1. The van der Waals surface area contributed by atoms with Gasteiger partial charge in [0, 0.05) is 5.56 Å². The molecule has 0 spiro atoms. The van der Waals surface area contributed by atoms with E-state index >= 15 is 0 Å². The smallest absolute Gasteiger partial charge is 0.356 e. The minimum Gasteiger partial charge on any atom is -0.497 e. The second-order valence-electron chi connectivity index (χ2n) is 3.52. The van der Waals surface area contributed by atoms with Gasteiger partial charge in [0.05, 0.1) is 19.1 Å². The van der Waals surface area contributed by atoms with E-state index < -0.39 is 5.97 Å². The SMILES string of the molecule is COc1ccc(OC)c(-c2sc(Br)nc2C(=O)O)c1. The molecule has 0 fully saturated rings. The number of carbonyl (C=O) groups is 1. The largest absolute Gasteiger partial charge is 0.497 e. The first-order valence-electron chi connectivity index (χ1n) is 5.18. The summed E-state index contributed by atoms with van der Waals surface area (Å²) in [4.78, 5) is 15.7. The number of nitrogens with zero attached hydrogens (tertiary/aromatic N) is 1. The van der Waals surface area contributed by atoms with E-state index in [0.29, 0.717) is 25.9 Å². The van der Waals surface area contributed by atoms with E-state index in [1.165, 1.54) is 18.4 Å². The van der Waals surface area contributed by atoms with Crippen molar-refractivity contribution in [3.05, 3.63) is 27.8 Å². The Morgan fingerprint density at radius 1 is 1.37 bits per heavy atom. The molecule has 5 nitrogen and oxygen atoms in total. The highest BCUT2D eigenvalue weighted by molar-refractivity contribution is 9.11. The van der Waals surface area contributed by atoms with Crippen molar-refractivity contribution < 1.29 is 19.4 Å². The fraction of sp³-hybridized carbons (Fsp3) is 0.167. The van der Waals surface area contributed by atoms with Crippen LogP contribution in [0.5, 0.6) is 11.5 Å². The van der Waals surface area contributed by atoms with Gasteiger partial charge >= 0.3 is 5.97 Å². The zero-order chi connectivity index (χ0) is 14.0. The lowest BCUT2D eigenvalue weighted by molar-refractivity contribution is 0.0692. The monoisotopic (exact) mass is 343 g/mol. The Morgan fingerprint density at radius 3 is 2.68 bits per heavy atom. The maximum atomic E-state index is 11.2. The van der Waals surface area contributed by atoms with E-state index in [1.54, 1.807) is 25.3 Å². The highest BCUT2D eigenvalue weighted by Crippen LogP contribution is 2.40. The maximum Gasteiger partial charge on any atom is 0.356 e. The third-order valence-corrected chi connectivity index (χ3v) is 3.99. The zero-order valence-electron chi connectivity index (χ0n) is 10.1. The topological polar surface area (TPSA) is 68.7 Å². The van der Waals surface area contributed by atoms with Crippen LogP contribution in [0.4, 0.5) is 0 Å². The number of carboxylic acid groups (broad SMARTS) is 1. The first kappa shape index (κ1) is 13.8. The molecular weight excluding hydrogens is 334 g/mol. The molecule has 7 heteroatoms. The van der Waals surface area contributed by atoms with Gasteiger partial charge in [-0.05, 0) is 34.1 Å². The number of hydrogen-bond donors (Lipinski definition) is 1. The van der Waals surface area contributed by atoms with Crippen LogP contribution in [0.25, 0.3) is 10.4 Å². The quantitative estimate of drug-likeness (QED) is 0.922. The maximum absolute atomic E-state index is 11.2. The molecule has 0 radical (unpaired) electrons. The van der Waals surface area contributed by atoms with Crippen molar-refractivity contribution in [3.8, 4) is 21.9 Å². The number of halogens is 1. The summed E-state index contributed by atoms with van der Waals surface area (Å²) in [5, 5.41) is 9.18. The van der Waals surface area contributed by atoms with Crippen molar-refractivity contribution in [2.45, 2.75) is 0 Å². The molecule has 1 heterocycles. The molecule has 1 N–H and O–H groups in total. The summed E-state index contributed by atoms with van der Waals surface area (Å²) < 4.78 is 10.9. The van der Waals surface area contributed by atoms with Gasteiger partial charge < -0.3 is 14.6 Å². The Bertz CT molecular complexity index is 626. The highest BCUT2D eigenvalue weighted by atomic mass is 79.9. The molecule has 0 atom stereocenters. The third-order valence-electron chi connectivity index (χ3n) is 2.45. The summed E-state index contributed by atoms with van der Waals surface area (Å²) >= 11 is 4.44. The fourth-order valence-electron chi connectivity index (χ4n) is 1.61. The summed E-state index contributed by atoms with van der Waals surface area (Å²) in [5.41, 5.74) is 0.630. The lowest BCUT2D eigenvalue weighted by atomic mass is 10.1. The van der Waals surface area contributed by atoms with Gasteiger partial charge in [-0.2, -0.15) is 0 Å². The second kappa shape index (κ2) is 5.58. The van der Waals surface area contributed by atoms with Gasteiger partial charge in [0.2, 0.25) is 0 Å². The van der Waals surface area contributed by atoms with Gasteiger partial charge in [0.1, 0.15) is 11.5 Å². The number of aromatic nitrogens is 1. The van der Waals surface area contributed by atoms with Crippen molar-refractivity contribution in [2.24, 2.45) is 0 Å². The van der Waals surface area contributed by atoms with Crippen molar-refractivity contribution in [2.75, 3.05) is 14.2 Å². The first-order valence-corrected chi connectivity index (χ1v) is 6.79. The molecular formula is C12H10BrNO4S. The molecule has 0 amide bonds. The standard InChI is InChI=1S/C12H10BrNO4S/c1-17-6-3-4-8(18-2)7(5-6)10-9(11(15)16)14-12(13)19-10/h3-5H,1-2H3,(H,15,16). The Hall–Kier alpha value is -1.60. The molecule has 2 rings (SSSR count). The van der Waals surface area contributed by atoms with Gasteiger partial charge in [-0.1, -0.05) is 0 Å². The van der Waals surface area contributed by atoms with Crippen LogP contribution in [0, 0.1) is 0 Å². The predicted octanol–water partition coefficient (Wildman–Crippen LogP) is 3.29. The molecule has 19 heavy (non-hydrogen) atoms. The van der Waals surface area contributed by atoms with E-state index in [9.17, 15) is 9.90 Å². The van der Waals surface area contributed by atoms with E-state index in [-0.39, 0.29) is 5.69 Å². The van der Waals surface area contributed by atoms with Crippen LogP contribution < -0.4 is 9.47 Å². The predicted molar refractivity (Wildman–Crippen MR) is 75.3 cm³/mol. The lowest BCUT2D eigenvalue weighted by Crippen LogP contribution is -1.99. The summed E-state index contributed by atoms with van der Waals surface area (Å²) in [7, 11) is 3.08. The first-order chi connectivity index (χ1) is 9.06. The Morgan fingerprint density at radius 2 is 2.11 bits per heavy atom. The normalized spacial score (nSPS) is 10.3. The molecule has 0 saturated carbocycles. The Balaban J connectivity index is 2.66. The number of hydrogen-bond acceptors (Lipinski definition) is 5. The van der Waals surface area contributed by atoms with E-state index in [4.69, 9.17) is 9.47 Å². The molecule has 0 aliphatic rings. The summed E-state index contributed by atoms with van der Waals surface area (Å²) in [6.07, 6.45) is 0. The fourth-order valence-corrected chi connectivity index (χ4v) is 3.08. The molecule has 0 unspecified atom stereocenters. The van der Waals surface area contributed by atoms with Gasteiger partial charge in [0.25, 0.3) is 0 Å². The number of rotatable bonds is 4. The molecule has 100 valence electrons. The van der Waals surface area contributed by atoms with Gasteiger partial charge in [0.15, 0.2) is 9.61 Å². The van der Waals surface area contributed by atoms with E-state index in [2.05, 4.69) is 20.9 Å². The Kier molecular flexibility index (Phi) is 4.06. The molecule has 1 aromatic carbocycles. The zero-order valence-corrected chi connectivity index (χ0v) is 12.5. The van der Waals surface area contributed by atoms with Gasteiger partial charge in [-0.3, -0.25) is 0 Å². The number of methoxy groups -OCH3 is 2. The average molecular weight is 344 g/mol. The minimum atomic E-state index is -1.08. The second-order valence-corrected chi connectivity index (χ2v) is 5.79. The average Bonchev–Trinajstić information content (AvgIpc) is 2.80. The third kappa shape index (κ3) is 2.71. The van der Waals surface area contributed by atoms with Crippen LogP contribution >= 0.6 is 27.3 Å². The van der Waals surface area contributed by atoms with Crippen LogP contribution in [-0.2, 0) is 0 Å². The number of aromatic carboxylic acids is 1. The molecule has 0 saturated heterocycles. The van der Waals surface area contributed by atoms with Crippen molar-refractivity contribution >= 4 is 33.2 Å². The van der Waals surface area contributed by atoms with Crippen LogP contribution in [0.1, 0.15) is 10.5 Å². The summed E-state index contributed by atoms with van der Waals surface area (Å²) in [6.45, 7) is 0. The molecule has 0 bridgehead atoms. The van der Waals surface area contributed by atoms with Crippen LogP contribution in [0.2, 0.25) is 0 Å². The molecule has 1 aromatic heterocycles. The van der Waals surface area contributed by atoms with Crippen LogP contribution in [0.3, 0.4) is 0 Å². The van der Waals surface area contributed by atoms with Crippen molar-refractivity contribution in [1.82, 2.24) is 4.98 Å². The Labute approximate surface area is 121 Å². The molecule has 0 aliphatic heterocycles. The van der Waals surface area contributed by atoms with Gasteiger partial charge in [-0.15, -0.1) is 11.3 Å². The van der Waals surface area contributed by atoms with E-state index in [1.807, 2.05) is 0 Å². The number of carboxylic acids is 1. The van der Waals surface area contributed by atoms with Crippen LogP contribution in [-0.4, -0.2) is 30.3 Å². The number of ether oxygens (including phenoxy) is 2. The van der Waals surface area contributed by atoms with Crippen molar-refractivity contribution in [1.29, 1.82) is 0 Å². The van der Waals surface area contributed by atoms with Gasteiger partial charge in [-0.25, -0.2) is 9.78 Å². The van der Waals surface area contributed by atoms with Crippen molar-refractivity contribution in [3.63, 3.8) is 0 Å². The summed E-state index contributed by atoms with van der Waals surface area (Å²) in [6, 6.07) is 5.21. The lowest BCUT2D eigenvalue weighted by Gasteiger charge is -2.09. The molecule has 0 aliphatic carbocycles. The van der Waals surface area contributed by atoms with E-state index in [0.717, 1.165) is 0 Å².